The molecule has 3 N–H and O–H groups in total. The molecule has 4 nitrogen and oxygen atoms in total. The summed E-state index contributed by atoms with van der Waals surface area (Å²) in [5.74, 6) is -0.420. The van der Waals surface area contributed by atoms with Crippen LogP contribution in [0.2, 0.25) is 0 Å². The molecule has 1 aromatic heterocycles. The number of nitrogens with one attached hydrogen (secondary N) is 1. The highest BCUT2D eigenvalue weighted by Gasteiger charge is 2.30. The van der Waals surface area contributed by atoms with E-state index < -0.39 is 17.6 Å². The Kier molecular flexibility index (Phi) is 5.15. The zero-order valence-electron chi connectivity index (χ0n) is 11.5. The Morgan fingerprint density at radius 1 is 1.36 bits per heavy atom. The Labute approximate surface area is 129 Å². The van der Waals surface area contributed by atoms with Gasteiger partial charge < -0.3 is 11.1 Å². The predicted molar refractivity (Wildman–Crippen MR) is 77.5 cm³/mol. The van der Waals surface area contributed by atoms with Crippen molar-refractivity contribution in [2.45, 2.75) is 19.1 Å². The number of rotatable bonds is 5. The van der Waals surface area contributed by atoms with Gasteiger partial charge in [0, 0.05) is 18.3 Å². The summed E-state index contributed by atoms with van der Waals surface area (Å²) in [4.78, 5) is 16.0. The first-order valence-corrected chi connectivity index (χ1v) is 7.37. The summed E-state index contributed by atoms with van der Waals surface area (Å²) in [6.07, 6.45) is -3.81. The van der Waals surface area contributed by atoms with Crippen LogP contribution in [-0.4, -0.2) is 17.4 Å². The lowest BCUT2D eigenvalue weighted by Crippen LogP contribution is -2.23. The topological polar surface area (TPSA) is 68.0 Å². The SMILES string of the molecule is NCCc1nc(C(=O)NCc2cccc(C(F)(F)F)c2)cs1. The molecule has 0 aliphatic carbocycles. The highest BCUT2D eigenvalue weighted by molar-refractivity contribution is 7.09. The Morgan fingerprint density at radius 2 is 2.14 bits per heavy atom. The minimum atomic E-state index is -4.40. The average Bonchev–Trinajstić information content (AvgIpc) is 2.93. The summed E-state index contributed by atoms with van der Waals surface area (Å²) in [5, 5.41) is 4.92. The van der Waals surface area contributed by atoms with Crippen LogP contribution in [0, 0.1) is 0 Å². The quantitative estimate of drug-likeness (QED) is 0.886. The number of nitrogens with zero attached hydrogens (tertiary/aromatic N) is 1. The largest absolute Gasteiger partial charge is 0.416 e. The number of aromatic nitrogens is 1. The van der Waals surface area contributed by atoms with Gasteiger partial charge in [-0.1, -0.05) is 12.1 Å². The van der Waals surface area contributed by atoms with Gasteiger partial charge in [-0.15, -0.1) is 11.3 Å². The van der Waals surface area contributed by atoms with Crippen LogP contribution in [0.15, 0.2) is 29.6 Å². The average molecular weight is 329 g/mol. The number of benzene rings is 1. The molecule has 0 saturated carbocycles. The van der Waals surface area contributed by atoms with Crippen molar-refractivity contribution in [2.24, 2.45) is 5.73 Å². The van der Waals surface area contributed by atoms with Crippen molar-refractivity contribution >= 4 is 17.2 Å². The van der Waals surface area contributed by atoms with Gasteiger partial charge in [0.2, 0.25) is 0 Å². The maximum atomic E-state index is 12.6. The third-order valence-electron chi connectivity index (χ3n) is 2.85. The fourth-order valence-electron chi connectivity index (χ4n) is 1.78. The molecule has 2 aromatic rings. The molecule has 0 saturated heterocycles. The summed E-state index contributed by atoms with van der Waals surface area (Å²) in [6.45, 7) is 0.450. The van der Waals surface area contributed by atoms with Crippen LogP contribution in [0.4, 0.5) is 13.2 Å². The molecule has 0 aliphatic heterocycles. The molecule has 0 radical (unpaired) electrons. The summed E-state index contributed by atoms with van der Waals surface area (Å²) < 4.78 is 37.8. The second-order valence-corrected chi connectivity index (χ2v) is 5.49. The second-order valence-electron chi connectivity index (χ2n) is 4.55. The Bertz CT molecular complexity index is 655. The Balaban J connectivity index is 1.98. The van der Waals surface area contributed by atoms with Crippen molar-refractivity contribution in [2.75, 3.05) is 6.54 Å². The van der Waals surface area contributed by atoms with Crippen LogP contribution >= 0.6 is 11.3 Å². The normalized spacial score (nSPS) is 11.5. The molecule has 1 heterocycles. The third kappa shape index (κ3) is 4.28. The van der Waals surface area contributed by atoms with Crippen LogP contribution in [-0.2, 0) is 19.1 Å². The molecule has 1 amide bonds. The van der Waals surface area contributed by atoms with E-state index in [9.17, 15) is 18.0 Å². The minimum absolute atomic E-state index is 0.00645. The molecular weight excluding hydrogens is 315 g/mol. The van der Waals surface area contributed by atoms with Crippen LogP contribution < -0.4 is 11.1 Å². The van der Waals surface area contributed by atoms with Gasteiger partial charge in [0.25, 0.3) is 5.91 Å². The van der Waals surface area contributed by atoms with Gasteiger partial charge in [0.05, 0.1) is 10.6 Å². The monoisotopic (exact) mass is 329 g/mol. The summed E-state index contributed by atoms with van der Waals surface area (Å²) in [6, 6.07) is 4.84. The van der Waals surface area contributed by atoms with E-state index in [4.69, 9.17) is 5.73 Å². The van der Waals surface area contributed by atoms with E-state index in [0.717, 1.165) is 17.1 Å². The maximum Gasteiger partial charge on any atom is 0.416 e. The van der Waals surface area contributed by atoms with Crippen LogP contribution in [0.25, 0.3) is 0 Å². The Hall–Kier alpha value is -1.93. The van der Waals surface area contributed by atoms with E-state index in [2.05, 4.69) is 10.3 Å². The maximum absolute atomic E-state index is 12.6. The highest BCUT2D eigenvalue weighted by atomic mass is 32.1. The van der Waals surface area contributed by atoms with E-state index in [-0.39, 0.29) is 12.2 Å². The fourth-order valence-corrected chi connectivity index (χ4v) is 2.58. The van der Waals surface area contributed by atoms with Crippen molar-refractivity contribution in [3.8, 4) is 0 Å². The van der Waals surface area contributed by atoms with E-state index in [1.165, 1.54) is 23.5 Å². The van der Waals surface area contributed by atoms with Gasteiger partial charge in [-0.3, -0.25) is 4.79 Å². The van der Waals surface area contributed by atoms with Crippen LogP contribution in [0.5, 0.6) is 0 Å². The van der Waals surface area contributed by atoms with Crippen molar-refractivity contribution in [3.63, 3.8) is 0 Å². The second kappa shape index (κ2) is 6.89. The number of carbonyl (C=O) groups is 1. The van der Waals surface area contributed by atoms with Crippen molar-refractivity contribution < 1.29 is 18.0 Å². The smallest absolute Gasteiger partial charge is 0.347 e. The van der Waals surface area contributed by atoms with Crippen LogP contribution in [0.1, 0.15) is 26.6 Å². The van der Waals surface area contributed by atoms with Crippen molar-refractivity contribution in [1.82, 2.24) is 10.3 Å². The Morgan fingerprint density at radius 3 is 2.82 bits per heavy atom. The summed E-state index contributed by atoms with van der Waals surface area (Å²) in [5.41, 5.74) is 5.29. The number of thiazole rings is 1. The minimum Gasteiger partial charge on any atom is -0.347 e. The van der Waals surface area contributed by atoms with Crippen LogP contribution in [0.3, 0.4) is 0 Å². The number of alkyl halides is 3. The predicted octanol–water partition coefficient (Wildman–Crippen LogP) is 2.59. The van der Waals surface area contributed by atoms with E-state index in [0.29, 0.717) is 18.5 Å². The number of nitrogens with two attached hydrogens (primary N) is 1. The number of amides is 1. The zero-order valence-corrected chi connectivity index (χ0v) is 12.3. The van der Waals surface area contributed by atoms with Gasteiger partial charge >= 0.3 is 6.18 Å². The fraction of sp³-hybridized carbons (Fsp3) is 0.286. The lowest BCUT2D eigenvalue weighted by Gasteiger charge is -2.09. The van der Waals surface area contributed by atoms with Gasteiger partial charge in [-0.25, -0.2) is 4.98 Å². The molecule has 0 bridgehead atoms. The number of halogens is 3. The molecule has 0 unspecified atom stereocenters. The van der Waals surface area contributed by atoms with E-state index in [1.54, 1.807) is 5.38 Å². The van der Waals surface area contributed by atoms with E-state index >= 15 is 0 Å². The number of carbonyl (C=O) groups excluding carboxylic acids is 1. The molecule has 2 rings (SSSR count). The standard InChI is InChI=1S/C14H14F3N3OS/c15-14(16,17)10-3-1-2-9(6-10)7-19-13(21)11-8-22-12(20-11)4-5-18/h1-3,6,8H,4-5,7,18H2,(H,19,21). The molecule has 8 heteroatoms. The molecule has 0 aliphatic rings. The molecule has 1 aromatic carbocycles. The lowest BCUT2D eigenvalue weighted by molar-refractivity contribution is -0.137. The van der Waals surface area contributed by atoms with E-state index in [1.807, 2.05) is 0 Å². The number of hydrogen-bond acceptors (Lipinski definition) is 4. The molecule has 118 valence electrons. The molecule has 0 spiro atoms. The van der Waals surface area contributed by atoms with Crippen molar-refractivity contribution in [3.05, 3.63) is 51.5 Å². The zero-order chi connectivity index (χ0) is 16.2. The first-order valence-electron chi connectivity index (χ1n) is 6.49. The molecule has 22 heavy (non-hydrogen) atoms. The van der Waals surface area contributed by atoms with Gasteiger partial charge in [0.1, 0.15) is 5.69 Å². The molecular formula is C14H14F3N3OS. The summed E-state index contributed by atoms with van der Waals surface area (Å²) in [7, 11) is 0. The molecule has 0 fully saturated rings. The molecule has 0 atom stereocenters. The van der Waals surface area contributed by atoms with Gasteiger partial charge in [-0.2, -0.15) is 13.2 Å². The highest BCUT2D eigenvalue weighted by Crippen LogP contribution is 2.29. The first-order chi connectivity index (χ1) is 10.4. The van der Waals surface area contributed by atoms with Crippen molar-refractivity contribution in [1.29, 1.82) is 0 Å². The third-order valence-corrected chi connectivity index (χ3v) is 3.76. The van der Waals surface area contributed by atoms with Gasteiger partial charge in [0.15, 0.2) is 0 Å². The lowest BCUT2D eigenvalue weighted by atomic mass is 10.1. The van der Waals surface area contributed by atoms with Gasteiger partial charge in [-0.05, 0) is 24.2 Å². The number of hydrogen-bond donors (Lipinski definition) is 2. The first kappa shape index (κ1) is 16.4. The summed E-state index contributed by atoms with van der Waals surface area (Å²) >= 11 is 1.33.